The van der Waals surface area contributed by atoms with Gasteiger partial charge in [-0.05, 0) is 33.8 Å². The van der Waals surface area contributed by atoms with E-state index in [1.54, 1.807) is 0 Å². The Morgan fingerprint density at radius 2 is 1.92 bits per heavy atom. The second-order valence-corrected chi connectivity index (χ2v) is 6.82. The van der Waals surface area contributed by atoms with Crippen LogP contribution in [0, 0.1) is 5.92 Å². The molecule has 0 aromatic heterocycles. The third-order valence-electron chi connectivity index (χ3n) is 3.32. The molecule has 1 aromatic rings. The molecule has 1 unspecified atom stereocenters. The van der Waals surface area contributed by atoms with Gasteiger partial charge in [0.05, 0.1) is 19.6 Å². The lowest BCUT2D eigenvalue weighted by Gasteiger charge is -2.23. The van der Waals surface area contributed by atoms with Gasteiger partial charge in [-0.15, -0.1) is 0 Å². The van der Waals surface area contributed by atoms with E-state index < -0.39 is 0 Å². The van der Waals surface area contributed by atoms with Crippen LogP contribution in [0.1, 0.15) is 40.2 Å². The molecule has 0 fully saturated rings. The molecule has 6 heteroatoms. The molecule has 1 rings (SSSR count). The molecule has 0 radical (unpaired) electrons. The van der Waals surface area contributed by atoms with Crippen LogP contribution in [0.3, 0.4) is 0 Å². The predicted molar refractivity (Wildman–Crippen MR) is 101 cm³/mol. The largest absolute Gasteiger partial charge is 0.488 e. The van der Waals surface area contributed by atoms with Crippen molar-refractivity contribution in [2.75, 3.05) is 20.2 Å². The van der Waals surface area contributed by atoms with Gasteiger partial charge in [-0.2, -0.15) is 0 Å². The molecular formula is C19H31N3O3. The van der Waals surface area contributed by atoms with Crippen molar-refractivity contribution < 1.29 is 14.3 Å². The summed E-state index contributed by atoms with van der Waals surface area (Å²) < 4.78 is 10.7. The Balaban J connectivity index is 2.79. The summed E-state index contributed by atoms with van der Waals surface area (Å²) >= 11 is 0. The van der Waals surface area contributed by atoms with Crippen LogP contribution in [0.4, 0.5) is 0 Å². The van der Waals surface area contributed by atoms with Gasteiger partial charge in [-0.25, -0.2) is 4.99 Å². The Labute approximate surface area is 151 Å². The van der Waals surface area contributed by atoms with Gasteiger partial charge >= 0.3 is 5.97 Å². The van der Waals surface area contributed by atoms with Crippen molar-refractivity contribution >= 4 is 11.9 Å². The van der Waals surface area contributed by atoms with Crippen LogP contribution in [0.15, 0.2) is 29.3 Å². The maximum Gasteiger partial charge on any atom is 0.310 e. The number of nitrogens with zero attached hydrogens (tertiary/aromatic N) is 1. The van der Waals surface area contributed by atoms with E-state index in [4.69, 9.17) is 9.47 Å². The number of ether oxygens (including phenoxy) is 2. The Morgan fingerprint density at radius 1 is 1.24 bits per heavy atom. The summed E-state index contributed by atoms with van der Waals surface area (Å²) in [5.41, 5.74) is 0.744. The standard InChI is InChI=1S/C19H31N3O3/c1-7-20-18(21-12-14(2)17(23)24-6)22-13-15-10-8-9-11-16(15)25-19(3,4)5/h8-11,14H,7,12-13H2,1-6H3,(H2,20,21,22). The summed E-state index contributed by atoms with van der Waals surface area (Å²) in [5, 5.41) is 6.35. The van der Waals surface area contributed by atoms with Crippen molar-refractivity contribution in [3.8, 4) is 5.75 Å². The van der Waals surface area contributed by atoms with Crippen LogP contribution in [0.5, 0.6) is 5.75 Å². The van der Waals surface area contributed by atoms with Crippen molar-refractivity contribution in [3.63, 3.8) is 0 Å². The van der Waals surface area contributed by atoms with Crippen molar-refractivity contribution in [3.05, 3.63) is 29.8 Å². The van der Waals surface area contributed by atoms with Gasteiger partial charge in [-0.3, -0.25) is 4.79 Å². The Hall–Kier alpha value is -2.24. The molecule has 140 valence electrons. The van der Waals surface area contributed by atoms with Crippen LogP contribution in [0.2, 0.25) is 0 Å². The van der Waals surface area contributed by atoms with Crippen LogP contribution in [-0.4, -0.2) is 37.7 Å². The Bertz CT molecular complexity index is 580. The maximum absolute atomic E-state index is 11.5. The Morgan fingerprint density at radius 3 is 2.52 bits per heavy atom. The monoisotopic (exact) mass is 349 g/mol. The second kappa shape index (κ2) is 9.91. The van der Waals surface area contributed by atoms with Crippen LogP contribution < -0.4 is 15.4 Å². The normalized spacial score (nSPS) is 13.1. The first kappa shape index (κ1) is 20.8. The number of rotatable bonds is 7. The fourth-order valence-corrected chi connectivity index (χ4v) is 2.10. The maximum atomic E-state index is 11.5. The van der Waals surface area contributed by atoms with Gasteiger partial charge in [0.15, 0.2) is 5.96 Å². The van der Waals surface area contributed by atoms with E-state index in [1.807, 2.05) is 58.9 Å². The second-order valence-electron chi connectivity index (χ2n) is 6.82. The number of benzene rings is 1. The number of carbonyl (C=O) groups excluding carboxylic acids is 1. The van der Waals surface area contributed by atoms with Gasteiger partial charge < -0.3 is 20.1 Å². The molecule has 0 saturated carbocycles. The lowest BCUT2D eigenvalue weighted by Crippen LogP contribution is -2.40. The minimum Gasteiger partial charge on any atom is -0.488 e. The SMILES string of the molecule is CCNC(=NCc1ccccc1OC(C)(C)C)NCC(C)C(=O)OC. The van der Waals surface area contributed by atoms with E-state index in [0.29, 0.717) is 19.0 Å². The van der Waals surface area contributed by atoms with E-state index in [2.05, 4.69) is 15.6 Å². The molecular weight excluding hydrogens is 318 g/mol. The highest BCUT2D eigenvalue weighted by atomic mass is 16.5. The lowest BCUT2D eigenvalue weighted by atomic mass is 10.1. The predicted octanol–water partition coefficient (Wildman–Crippen LogP) is 2.73. The zero-order valence-corrected chi connectivity index (χ0v) is 16.2. The zero-order chi connectivity index (χ0) is 18.9. The summed E-state index contributed by atoms with van der Waals surface area (Å²) in [6.07, 6.45) is 0. The van der Waals surface area contributed by atoms with Crippen LogP contribution in [0.25, 0.3) is 0 Å². The fourth-order valence-electron chi connectivity index (χ4n) is 2.10. The minimum atomic E-state index is -0.265. The number of esters is 1. The highest BCUT2D eigenvalue weighted by molar-refractivity contribution is 5.80. The van der Waals surface area contributed by atoms with Crippen molar-refractivity contribution in [2.45, 2.75) is 46.8 Å². The molecule has 0 aliphatic heterocycles. The zero-order valence-electron chi connectivity index (χ0n) is 16.2. The third kappa shape index (κ3) is 7.92. The first-order valence-electron chi connectivity index (χ1n) is 8.63. The summed E-state index contributed by atoms with van der Waals surface area (Å²) in [6, 6.07) is 7.89. The summed E-state index contributed by atoms with van der Waals surface area (Å²) in [7, 11) is 1.39. The number of guanidine groups is 1. The van der Waals surface area contributed by atoms with Gasteiger partial charge in [0.2, 0.25) is 0 Å². The Kier molecular flexibility index (Phi) is 8.25. The molecule has 2 N–H and O–H groups in total. The molecule has 0 amide bonds. The van der Waals surface area contributed by atoms with Crippen LogP contribution in [-0.2, 0) is 16.1 Å². The molecule has 0 saturated heterocycles. The molecule has 0 bridgehead atoms. The van der Waals surface area contributed by atoms with Gasteiger partial charge in [0, 0.05) is 18.7 Å². The van der Waals surface area contributed by atoms with E-state index in [-0.39, 0.29) is 17.5 Å². The van der Waals surface area contributed by atoms with Crippen molar-refractivity contribution in [2.24, 2.45) is 10.9 Å². The highest BCUT2D eigenvalue weighted by Crippen LogP contribution is 2.23. The summed E-state index contributed by atoms with van der Waals surface area (Å²) in [4.78, 5) is 16.1. The third-order valence-corrected chi connectivity index (χ3v) is 3.32. The molecule has 0 spiro atoms. The van der Waals surface area contributed by atoms with E-state index >= 15 is 0 Å². The molecule has 0 aliphatic carbocycles. The number of para-hydroxylation sites is 1. The van der Waals surface area contributed by atoms with Gasteiger partial charge in [-0.1, -0.05) is 25.1 Å². The quantitative estimate of drug-likeness (QED) is 0.450. The number of carbonyl (C=O) groups is 1. The number of hydrogen-bond acceptors (Lipinski definition) is 4. The first-order valence-corrected chi connectivity index (χ1v) is 8.63. The van der Waals surface area contributed by atoms with Gasteiger partial charge in [0.25, 0.3) is 0 Å². The number of nitrogens with one attached hydrogen (secondary N) is 2. The van der Waals surface area contributed by atoms with Gasteiger partial charge in [0.1, 0.15) is 11.4 Å². The molecule has 0 heterocycles. The lowest BCUT2D eigenvalue weighted by molar-refractivity contribution is -0.144. The molecule has 25 heavy (non-hydrogen) atoms. The minimum absolute atomic E-state index is 0.243. The molecule has 1 atom stereocenters. The number of methoxy groups -OCH3 is 1. The topological polar surface area (TPSA) is 72.0 Å². The summed E-state index contributed by atoms with van der Waals surface area (Å²) in [6.45, 7) is 11.5. The van der Waals surface area contributed by atoms with Crippen molar-refractivity contribution in [1.82, 2.24) is 10.6 Å². The highest BCUT2D eigenvalue weighted by Gasteiger charge is 2.15. The molecule has 1 aromatic carbocycles. The number of hydrogen-bond donors (Lipinski definition) is 2. The first-order chi connectivity index (χ1) is 11.8. The smallest absolute Gasteiger partial charge is 0.310 e. The summed E-state index contributed by atoms with van der Waals surface area (Å²) in [5.74, 6) is 0.999. The molecule has 0 aliphatic rings. The van der Waals surface area contributed by atoms with E-state index in [9.17, 15) is 4.79 Å². The van der Waals surface area contributed by atoms with Crippen molar-refractivity contribution in [1.29, 1.82) is 0 Å². The average Bonchev–Trinajstić information content (AvgIpc) is 2.56. The van der Waals surface area contributed by atoms with E-state index in [0.717, 1.165) is 17.9 Å². The number of aliphatic imine (C=N–C) groups is 1. The van der Waals surface area contributed by atoms with Crippen LogP contribution >= 0.6 is 0 Å². The molecule has 6 nitrogen and oxygen atoms in total. The fraction of sp³-hybridized carbons (Fsp3) is 0.579. The van der Waals surface area contributed by atoms with E-state index in [1.165, 1.54) is 7.11 Å². The average molecular weight is 349 g/mol.